The van der Waals surface area contributed by atoms with E-state index in [1.807, 2.05) is 0 Å². The van der Waals surface area contributed by atoms with Crippen molar-refractivity contribution in [1.29, 1.82) is 0 Å². The van der Waals surface area contributed by atoms with Crippen LogP contribution >= 0.6 is 15.9 Å². The number of tetrazole rings is 1. The first kappa shape index (κ1) is 11.7. The minimum atomic E-state index is -0.0998. The van der Waals surface area contributed by atoms with Crippen LogP contribution in [0.4, 0.5) is 5.69 Å². The smallest absolute Gasteiger partial charge is 0.182 e. The van der Waals surface area contributed by atoms with E-state index in [1.165, 1.54) is 4.80 Å². The molecule has 0 fully saturated rings. The summed E-state index contributed by atoms with van der Waals surface area (Å²) >= 11 is 3.31. The van der Waals surface area contributed by atoms with Gasteiger partial charge in [-0.25, -0.2) is 0 Å². The highest BCUT2D eigenvalue weighted by molar-refractivity contribution is 9.10. The van der Waals surface area contributed by atoms with E-state index in [2.05, 4.69) is 31.3 Å². The molecule has 7 heteroatoms. The molecule has 2 rings (SSSR count). The summed E-state index contributed by atoms with van der Waals surface area (Å²) < 4.78 is 0.709. The average molecular weight is 296 g/mol. The second-order valence-corrected chi connectivity index (χ2v) is 4.39. The zero-order chi connectivity index (χ0) is 12.4. The molecule has 0 aliphatic heterocycles. The standard InChI is InChI=1S/C10H10BrN5O/c1-16-14-10(13-15-16)5-9(17)7-4-6(12)2-3-8(7)11/h2-4H,5,12H2,1H3. The van der Waals surface area contributed by atoms with Crippen LogP contribution in [-0.2, 0) is 13.5 Å². The molecule has 0 bridgehead atoms. The molecule has 0 amide bonds. The van der Waals surface area contributed by atoms with E-state index in [0.717, 1.165) is 0 Å². The maximum absolute atomic E-state index is 12.0. The molecule has 0 aliphatic rings. The second-order valence-electron chi connectivity index (χ2n) is 3.53. The molecule has 17 heavy (non-hydrogen) atoms. The lowest BCUT2D eigenvalue weighted by Gasteiger charge is -2.03. The van der Waals surface area contributed by atoms with Gasteiger partial charge in [0.25, 0.3) is 0 Å². The fourth-order valence-corrected chi connectivity index (χ4v) is 1.86. The third-order valence-corrected chi connectivity index (χ3v) is 2.85. The van der Waals surface area contributed by atoms with Crippen molar-refractivity contribution in [2.75, 3.05) is 5.73 Å². The molecule has 0 radical (unpaired) electrons. The number of carbonyl (C=O) groups excluding carboxylic acids is 1. The number of carbonyl (C=O) groups is 1. The van der Waals surface area contributed by atoms with Crippen LogP contribution in [0, 0.1) is 0 Å². The predicted molar refractivity (Wildman–Crippen MR) is 65.4 cm³/mol. The Bertz CT molecular complexity index is 566. The Balaban J connectivity index is 2.22. The van der Waals surface area contributed by atoms with Crippen molar-refractivity contribution in [3.05, 3.63) is 34.1 Å². The summed E-state index contributed by atoms with van der Waals surface area (Å²) in [4.78, 5) is 13.3. The van der Waals surface area contributed by atoms with Gasteiger partial charge < -0.3 is 5.73 Å². The minimum absolute atomic E-state index is 0.0998. The zero-order valence-corrected chi connectivity index (χ0v) is 10.7. The van der Waals surface area contributed by atoms with Gasteiger partial charge in [0.15, 0.2) is 11.6 Å². The van der Waals surface area contributed by atoms with Crippen molar-refractivity contribution < 1.29 is 4.79 Å². The van der Waals surface area contributed by atoms with Gasteiger partial charge in [0, 0.05) is 15.7 Å². The van der Waals surface area contributed by atoms with Gasteiger partial charge in [-0.1, -0.05) is 15.9 Å². The van der Waals surface area contributed by atoms with Gasteiger partial charge in [0.1, 0.15) is 0 Å². The first-order chi connectivity index (χ1) is 8.06. The molecular formula is C10H10BrN5O. The van der Waals surface area contributed by atoms with Gasteiger partial charge >= 0.3 is 0 Å². The van der Waals surface area contributed by atoms with Gasteiger partial charge in [-0.3, -0.25) is 4.79 Å². The lowest BCUT2D eigenvalue weighted by Crippen LogP contribution is -2.07. The summed E-state index contributed by atoms with van der Waals surface area (Å²) in [6.45, 7) is 0. The van der Waals surface area contributed by atoms with E-state index in [0.29, 0.717) is 21.5 Å². The van der Waals surface area contributed by atoms with Crippen molar-refractivity contribution in [2.24, 2.45) is 7.05 Å². The number of Topliss-reactive ketones (excluding diaryl/α,β-unsaturated/α-hetero) is 1. The largest absolute Gasteiger partial charge is 0.399 e. The highest BCUT2D eigenvalue weighted by Crippen LogP contribution is 2.20. The van der Waals surface area contributed by atoms with E-state index in [1.54, 1.807) is 25.2 Å². The van der Waals surface area contributed by atoms with Gasteiger partial charge in [-0.2, -0.15) is 4.80 Å². The van der Waals surface area contributed by atoms with Crippen molar-refractivity contribution >= 4 is 27.4 Å². The summed E-state index contributed by atoms with van der Waals surface area (Å²) in [6, 6.07) is 5.09. The Hall–Kier alpha value is -1.76. The third-order valence-electron chi connectivity index (χ3n) is 2.16. The normalized spacial score (nSPS) is 10.5. The maximum atomic E-state index is 12.0. The summed E-state index contributed by atoms with van der Waals surface area (Å²) in [7, 11) is 1.65. The zero-order valence-electron chi connectivity index (χ0n) is 9.09. The molecule has 2 N–H and O–H groups in total. The number of benzene rings is 1. The summed E-state index contributed by atoms with van der Waals surface area (Å²) in [6.07, 6.45) is 0.107. The highest BCUT2D eigenvalue weighted by atomic mass is 79.9. The lowest BCUT2D eigenvalue weighted by molar-refractivity contribution is 0.0990. The fraction of sp³-hybridized carbons (Fsp3) is 0.200. The van der Waals surface area contributed by atoms with Crippen LogP contribution in [0.15, 0.2) is 22.7 Å². The first-order valence-corrected chi connectivity index (χ1v) is 5.66. The van der Waals surface area contributed by atoms with E-state index in [-0.39, 0.29) is 12.2 Å². The van der Waals surface area contributed by atoms with Crippen LogP contribution in [0.1, 0.15) is 16.2 Å². The lowest BCUT2D eigenvalue weighted by atomic mass is 10.1. The predicted octanol–water partition coefficient (Wildman–Crippen LogP) is 0.980. The molecule has 88 valence electrons. The topological polar surface area (TPSA) is 86.7 Å². The number of rotatable bonds is 3. The molecule has 0 spiro atoms. The van der Waals surface area contributed by atoms with Crippen LogP contribution in [0.3, 0.4) is 0 Å². The van der Waals surface area contributed by atoms with Crippen LogP contribution in [0.25, 0.3) is 0 Å². The number of aryl methyl sites for hydroxylation is 1. The number of hydrogen-bond donors (Lipinski definition) is 1. The molecule has 1 aromatic heterocycles. The Morgan fingerprint density at radius 2 is 2.29 bits per heavy atom. The van der Waals surface area contributed by atoms with Gasteiger partial charge in [0.05, 0.1) is 13.5 Å². The van der Waals surface area contributed by atoms with Crippen LogP contribution in [0.5, 0.6) is 0 Å². The molecule has 0 unspecified atom stereocenters. The summed E-state index contributed by atoms with van der Waals surface area (Å²) in [5.41, 5.74) is 6.71. The Kier molecular flexibility index (Phi) is 3.19. The highest BCUT2D eigenvalue weighted by Gasteiger charge is 2.14. The molecule has 1 aromatic carbocycles. The van der Waals surface area contributed by atoms with Crippen molar-refractivity contribution in [3.8, 4) is 0 Å². The van der Waals surface area contributed by atoms with Crippen molar-refractivity contribution in [3.63, 3.8) is 0 Å². The second kappa shape index (κ2) is 4.62. The van der Waals surface area contributed by atoms with Crippen LogP contribution in [-0.4, -0.2) is 26.0 Å². The molecular weight excluding hydrogens is 286 g/mol. The molecule has 2 aromatic rings. The quantitative estimate of drug-likeness (QED) is 0.674. The molecule has 0 aliphatic carbocycles. The molecule has 0 saturated carbocycles. The van der Waals surface area contributed by atoms with Crippen LogP contribution < -0.4 is 5.73 Å². The van der Waals surface area contributed by atoms with Gasteiger partial charge in [-0.05, 0) is 23.4 Å². The van der Waals surface area contributed by atoms with E-state index in [4.69, 9.17) is 5.73 Å². The van der Waals surface area contributed by atoms with Crippen molar-refractivity contribution in [2.45, 2.75) is 6.42 Å². The molecule has 0 saturated heterocycles. The van der Waals surface area contributed by atoms with Gasteiger partial charge in [0.2, 0.25) is 0 Å². The molecule has 6 nitrogen and oxygen atoms in total. The number of nitrogens with two attached hydrogens (primary N) is 1. The summed E-state index contributed by atoms with van der Waals surface area (Å²) in [5, 5.41) is 11.4. The summed E-state index contributed by atoms with van der Waals surface area (Å²) in [5.74, 6) is 0.295. The van der Waals surface area contributed by atoms with E-state index in [9.17, 15) is 4.79 Å². The number of hydrogen-bond acceptors (Lipinski definition) is 5. The monoisotopic (exact) mass is 295 g/mol. The van der Waals surface area contributed by atoms with E-state index >= 15 is 0 Å². The van der Waals surface area contributed by atoms with Crippen LogP contribution in [0.2, 0.25) is 0 Å². The maximum Gasteiger partial charge on any atom is 0.182 e. The van der Waals surface area contributed by atoms with Gasteiger partial charge in [-0.15, -0.1) is 10.2 Å². The number of aromatic nitrogens is 4. The molecule has 1 heterocycles. The van der Waals surface area contributed by atoms with E-state index < -0.39 is 0 Å². The third kappa shape index (κ3) is 2.68. The Morgan fingerprint density at radius 1 is 1.53 bits per heavy atom. The number of anilines is 1. The fourth-order valence-electron chi connectivity index (χ4n) is 1.39. The number of nitrogens with zero attached hydrogens (tertiary/aromatic N) is 4. The average Bonchev–Trinajstić information content (AvgIpc) is 2.67. The number of ketones is 1. The SMILES string of the molecule is Cn1nnc(CC(=O)c2cc(N)ccc2Br)n1. The number of nitrogen functional groups attached to an aromatic ring is 1. The van der Waals surface area contributed by atoms with Crippen molar-refractivity contribution in [1.82, 2.24) is 20.2 Å². The Morgan fingerprint density at radius 3 is 2.94 bits per heavy atom. The molecule has 0 atom stereocenters. The number of halogens is 1. The Labute approximate surface area is 106 Å². The first-order valence-electron chi connectivity index (χ1n) is 4.87. The minimum Gasteiger partial charge on any atom is -0.399 e.